The second-order valence-electron chi connectivity index (χ2n) is 4.86. The normalized spacial score (nSPS) is 50.3. The molecule has 3 saturated carbocycles. The Bertz CT molecular complexity index is 261. The lowest BCUT2D eigenvalue weighted by atomic mass is 9.80. The second kappa shape index (κ2) is 2.04. The van der Waals surface area contributed by atoms with Crippen molar-refractivity contribution in [2.24, 2.45) is 23.7 Å². The molecule has 4 atom stereocenters. The Morgan fingerprint density at radius 1 is 1.08 bits per heavy atom. The molecule has 3 aliphatic carbocycles. The second-order valence-corrected chi connectivity index (χ2v) is 4.86. The summed E-state index contributed by atoms with van der Waals surface area (Å²) in [6.07, 6.45) is 5.73. The Hall–Kier alpha value is -0.520. The Morgan fingerprint density at radius 3 is 2.58 bits per heavy atom. The number of hydrogen-bond acceptors (Lipinski definition) is 0. The molecule has 0 aromatic rings. The van der Waals surface area contributed by atoms with Crippen molar-refractivity contribution in [3.8, 4) is 0 Å². The van der Waals surface area contributed by atoms with E-state index in [9.17, 15) is 0 Å². The summed E-state index contributed by atoms with van der Waals surface area (Å²) in [7, 11) is 0. The van der Waals surface area contributed by atoms with Crippen LogP contribution in [0.5, 0.6) is 0 Å². The molecular weight excluding hydrogens is 144 g/mol. The molecule has 64 valence electrons. The van der Waals surface area contributed by atoms with Crippen LogP contribution in [0.15, 0.2) is 24.3 Å². The first-order chi connectivity index (χ1) is 5.77. The number of allylic oxidation sites excluding steroid dienone is 2. The lowest BCUT2D eigenvalue weighted by Gasteiger charge is -2.24. The third-order valence-corrected chi connectivity index (χ3v) is 4.43. The highest BCUT2D eigenvalue weighted by molar-refractivity contribution is 5.37. The van der Waals surface area contributed by atoms with Crippen molar-refractivity contribution < 1.29 is 0 Å². The van der Waals surface area contributed by atoms with Crippen molar-refractivity contribution in [3.05, 3.63) is 24.3 Å². The van der Waals surface area contributed by atoms with E-state index in [0.29, 0.717) is 0 Å². The summed E-state index contributed by atoms with van der Waals surface area (Å²) < 4.78 is 0. The van der Waals surface area contributed by atoms with Gasteiger partial charge in [-0.1, -0.05) is 18.7 Å². The van der Waals surface area contributed by atoms with E-state index >= 15 is 0 Å². The van der Waals surface area contributed by atoms with Crippen LogP contribution in [0.2, 0.25) is 0 Å². The molecule has 0 radical (unpaired) electrons. The molecule has 3 fully saturated rings. The van der Waals surface area contributed by atoms with Crippen molar-refractivity contribution in [3.63, 3.8) is 0 Å². The molecule has 0 aromatic heterocycles. The topological polar surface area (TPSA) is 0 Å². The zero-order valence-corrected chi connectivity index (χ0v) is 7.55. The van der Waals surface area contributed by atoms with E-state index in [-0.39, 0.29) is 0 Å². The van der Waals surface area contributed by atoms with E-state index in [0.717, 1.165) is 23.7 Å². The predicted octanol–water partition coefficient (Wildman–Crippen LogP) is 3.16. The van der Waals surface area contributed by atoms with Crippen LogP contribution in [0.1, 0.15) is 25.7 Å². The molecule has 0 N–H and O–H groups in total. The SMILES string of the molecule is C=C1CC2C3CCC(C3)C2C1=C. The van der Waals surface area contributed by atoms with Crippen molar-refractivity contribution in [1.82, 2.24) is 0 Å². The average molecular weight is 160 g/mol. The lowest BCUT2D eigenvalue weighted by Crippen LogP contribution is -2.17. The van der Waals surface area contributed by atoms with Crippen LogP contribution in [0, 0.1) is 23.7 Å². The summed E-state index contributed by atoms with van der Waals surface area (Å²) in [6.45, 7) is 8.31. The fraction of sp³-hybridized carbons (Fsp3) is 0.667. The number of hydrogen-bond donors (Lipinski definition) is 0. The molecule has 0 aromatic carbocycles. The minimum atomic E-state index is 0.858. The third kappa shape index (κ3) is 0.646. The molecule has 0 amide bonds. The molecule has 3 rings (SSSR count). The van der Waals surface area contributed by atoms with Gasteiger partial charge < -0.3 is 0 Å². The zero-order chi connectivity index (χ0) is 8.29. The minimum Gasteiger partial charge on any atom is -0.0956 e. The largest absolute Gasteiger partial charge is 0.0956 e. The van der Waals surface area contributed by atoms with Crippen LogP contribution in [-0.4, -0.2) is 0 Å². The quantitative estimate of drug-likeness (QED) is 0.510. The van der Waals surface area contributed by atoms with Crippen molar-refractivity contribution >= 4 is 0 Å². The van der Waals surface area contributed by atoms with Gasteiger partial charge in [0.25, 0.3) is 0 Å². The predicted molar refractivity (Wildman–Crippen MR) is 50.7 cm³/mol. The Kier molecular flexibility index (Phi) is 1.18. The highest BCUT2D eigenvalue weighted by atomic mass is 14.6. The van der Waals surface area contributed by atoms with Crippen molar-refractivity contribution in [2.75, 3.05) is 0 Å². The van der Waals surface area contributed by atoms with Gasteiger partial charge in [0.05, 0.1) is 0 Å². The summed E-state index contributed by atoms with van der Waals surface area (Å²) >= 11 is 0. The molecule has 0 saturated heterocycles. The van der Waals surface area contributed by atoms with Gasteiger partial charge in [-0.15, -0.1) is 0 Å². The molecule has 0 heterocycles. The monoisotopic (exact) mass is 160 g/mol. The van der Waals surface area contributed by atoms with Crippen molar-refractivity contribution in [2.45, 2.75) is 25.7 Å². The van der Waals surface area contributed by atoms with Crippen LogP contribution in [0.3, 0.4) is 0 Å². The third-order valence-electron chi connectivity index (χ3n) is 4.43. The van der Waals surface area contributed by atoms with Crippen molar-refractivity contribution in [1.29, 1.82) is 0 Å². The van der Waals surface area contributed by atoms with Gasteiger partial charge in [-0.05, 0) is 54.9 Å². The standard InChI is InChI=1S/C12H16/c1-7-5-11-9-3-4-10(6-9)12(11)8(7)2/h9-12H,1-6H2. The summed E-state index contributed by atoms with van der Waals surface area (Å²) in [6, 6.07) is 0. The van der Waals surface area contributed by atoms with Crippen LogP contribution in [0.25, 0.3) is 0 Å². The van der Waals surface area contributed by atoms with Gasteiger partial charge in [-0.25, -0.2) is 0 Å². The summed E-state index contributed by atoms with van der Waals surface area (Å²) in [5.41, 5.74) is 2.77. The van der Waals surface area contributed by atoms with E-state index in [4.69, 9.17) is 0 Å². The maximum absolute atomic E-state index is 4.20. The van der Waals surface area contributed by atoms with Crippen LogP contribution >= 0.6 is 0 Å². The van der Waals surface area contributed by atoms with Gasteiger partial charge in [-0.3, -0.25) is 0 Å². The summed E-state index contributed by atoms with van der Waals surface area (Å²) in [5.74, 6) is 3.85. The first kappa shape index (κ1) is 6.94. The Morgan fingerprint density at radius 2 is 1.83 bits per heavy atom. The molecule has 2 bridgehead atoms. The molecule has 0 aliphatic heterocycles. The maximum atomic E-state index is 4.20. The fourth-order valence-corrected chi connectivity index (χ4v) is 3.90. The molecular formula is C12H16. The van der Waals surface area contributed by atoms with Gasteiger partial charge in [0.1, 0.15) is 0 Å². The first-order valence-corrected chi connectivity index (χ1v) is 5.14. The summed E-state index contributed by atoms with van der Waals surface area (Å²) in [4.78, 5) is 0. The van der Waals surface area contributed by atoms with Gasteiger partial charge in [0.2, 0.25) is 0 Å². The zero-order valence-electron chi connectivity index (χ0n) is 7.55. The first-order valence-electron chi connectivity index (χ1n) is 5.14. The Labute approximate surface area is 74.4 Å². The maximum Gasteiger partial charge on any atom is -0.0103 e. The van der Waals surface area contributed by atoms with Crippen LogP contribution in [-0.2, 0) is 0 Å². The summed E-state index contributed by atoms with van der Waals surface area (Å²) in [5, 5.41) is 0. The average Bonchev–Trinajstić information content (AvgIpc) is 2.66. The van der Waals surface area contributed by atoms with E-state index in [1.807, 2.05) is 0 Å². The van der Waals surface area contributed by atoms with Crippen LogP contribution < -0.4 is 0 Å². The van der Waals surface area contributed by atoms with E-state index in [1.54, 1.807) is 0 Å². The molecule has 12 heavy (non-hydrogen) atoms. The van der Waals surface area contributed by atoms with E-state index in [2.05, 4.69) is 13.2 Å². The van der Waals surface area contributed by atoms with Gasteiger partial charge in [0, 0.05) is 0 Å². The molecule has 0 spiro atoms. The minimum absolute atomic E-state index is 0.858. The van der Waals surface area contributed by atoms with Gasteiger partial charge >= 0.3 is 0 Å². The Balaban J connectivity index is 2.00. The molecule has 3 aliphatic rings. The van der Waals surface area contributed by atoms with E-state index in [1.165, 1.54) is 36.8 Å². The number of rotatable bonds is 0. The highest BCUT2D eigenvalue weighted by Gasteiger charge is 2.51. The molecule has 0 heteroatoms. The fourth-order valence-electron chi connectivity index (χ4n) is 3.90. The molecule has 4 unspecified atom stereocenters. The van der Waals surface area contributed by atoms with Gasteiger partial charge in [-0.2, -0.15) is 0 Å². The smallest absolute Gasteiger partial charge is 0.0103 e. The van der Waals surface area contributed by atoms with Gasteiger partial charge in [0.15, 0.2) is 0 Å². The van der Waals surface area contributed by atoms with Crippen LogP contribution in [0.4, 0.5) is 0 Å². The lowest BCUT2D eigenvalue weighted by molar-refractivity contribution is 0.285. The molecule has 0 nitrogen and oxygen atoms in total. The highest BCUT2D eigenvalue weighted by Crippen LogP contribution is 2.61. The number of fused-ring (bicyclic) bond motifs is 5. The van der Waals surface area contributed by atoms with E-state index < -0.39 is 0 Å².